The molecule has 1 N–H and O–H groups in total. The van der Waals surface area contributed by atoms with Gasteiger partial charge in [0.25, 0.3) is 0 Å². The molecule has 0 aromatic heterocycles. The molecule has 0 aliphatic carbocycles. The van der Waals surface area contributed by atoms with Gasteiger partial charge in [0.1, 0.15) is 0 Å². The van der Waals surface area contributed by atoms with Crippen molar-refractivity contribution in [2.45, 2.75) is 0 Å². The van der Waals surface area contributed by atoms with E-state index in [0.29, 0.717) is 11.1 Å². The third kappa shape index (κ3) is 4.14. The van der Waals surface area contributed by atoms with Gasteiger partial charge in [-0.05, 0) is 42.0 Å². The van der Waals surface area contributed by atoms with Gasteiger partial charge in [0.15, 0.2) is 11.5 Å². The van der Waals surface area contributed by atoms with Crippen LogP contribution in [0.2, 0.25) is 0 Å². The first-order valence-corrected chi connectivity index (χ1v) is 7.38. The molecule has 2 rings (SSSR count). The van der Waals surface area contributed by atoms with Crippen LogP contribution in [-0.4, -0.2) is 37.0 Å². The Hall–Kier alpha value is -3.35. The third-order valence-electron chi connectivity index (χ3n) is 3.59. The second-order valence-electron chi connectivity index (χ2n) is 5.49. The SMILES string of the molecule is COc1cc(/C=C/C(=O)c2ccc(N(C)C)cc2)cc([N+](=O)[O-])c1O. The molecule has 2 aromatic carbocycles. The largest absolute Gasteiger partial charge is 0.500 e. The minimum atomic E-state index is -0.711. The lowest BCUT2D eigenvalue weighted by molar-refractivity contribution is -0.386. The Morgan fingerprint density at radius 2 is 1.88 bits per heavy atom. The number of nitrogens with zero attached hydrogens (tertiary/aromatic N) is 2. The van der Waals surface area contributed by atoms with Crippen molar-refractivity contribution in [3.8, 4) is 11.5 Å². The number of phenolic OH excluding ortho intramolecular Hbond substituents is 1. The molecule has 0 spiro atoms. The molecule has 0 saturated heterocycles. The molecule has 2 aromatic rings. The summed E-state index contributed by atoms with van der Waals surface area (Å²) in [5.41, 5.74) is 1.36. The molecule has 0 atom stereocenters. The Kier molecular flexibility index (Phi) is 5.38. The van der Waals surface area contributed by atoms with Crippen molar-refractivity contribution in [2.75, 3.05) is 26.1 Å². The number of aromatic hydroxyl groups is 1. The first-order valence-electron chi connectivity index (χ1n) is 7.38. The van der Waals surface area contributed by atoms with Crippen LogP contribution >= 0.6 is 0 Å². The lowest BCUT2D eigenvalue weighted by atomic mass is 10.1. The van der Waals surface area contributed by atoms with Gasteiger partial charge in [0, 0.05) is 31.4 Å². The second kappa shape index (κ2) is 7.48. The van der Waals surface area contributed by atoms with E-state index in [9.17, 15) is 20.0 Å². The molecule has 0 saturated carbocycles. The van der Waals surface area contributed by atoms with Gasteiger partial charge in [-0.2, -0.15) is 0 Å². The number of anilines is 1. The summed E-state index contributed by atoms with van der Waals surface area (Å²) in [6.45, 7) is 0. The fourth-order valence-corrected chi connectivity index (χ4v) is 2.20. The van der Waals surface area contributed by atoms with Crippen molar-refractivity contribution in [3.05, 3.63) is 63.7 Å². The van der Waals surface area contributed by atoms with Crippen molar-refractivity contribution in [1.29, 1.82) is 0 Å². The van der Waals surface area contributed by atoms with Crippen LogP contribution in [0.4, 0.5) is 11.4 Å². The average molecular weight is 342 g/mol. The van der Waals surface area contributed by atoms with Crippen LogP contribution in [0.3, 0.4) is 0 Å². The molecule has 25 heavy (non-hydrogen) atoms. The van der Waals surface area contributed by atoms with E-state index in [2.05, 4.69) is 0 Å². The molecule has 0 fully saturated rings. The summed E-state index contributed by atoms with van der Waals surface area (Å²) in [4.78, 5) is 24.4. The summed E-state index contributed by atoms with van der Waals surface area (Å²) in [7, 11) is 5.10. The van der Waals surface area contributed by atoms with Gasteiger partial charge in [-0.3, -0.25) is 14.9 Å². The first kappa shape index (κ1) is 18.0. The maximum atomic E-state index is 12.2. The molecule has 0 heterocycles. The third-order valence-corrected chi connectivity index (χ3v) is 3.59. The molecule has 7 heteroatoms. The smallest absolute Gasteiger partial charge is 0.315 e. The highest BCUT2D eigenvalue weighted by Gasteiger charge is 2.19. The maximum Gasteiger partial charge on any atom is 0.315 e. The topological polar surface area (TPSA) is 92.9 Å². The number of nitro groups is 1. The summed E-state index contributed by atoms with van der Waals surface area (Å²) >= 11 is 0. The number of carbonyl (C=O) groups excluding carboxylic acids is 1. The van der Waals surface area contributed by atoms with Crippen molar-refractivity contribution in [3.63, 3.8) is 0 Å². The van der Waals surface area contributed by atoms with Crippen LogP contribution in [0.1, 0.15) is 15.9 Å². The van der Waals surface area contributed by atoms with Crippen molar-refractivity contribution in [2.24, 2.45) is 0 Å². The number of methoxy groups -OCH3 is 1. The molecule has 7 nitrogen and oxygen atoms in total. The zero-order chi connectivity index (χ0) is 18.6. The van der Waals surface area contributed by atoms with Gasteiger partial charge in [-0.15, -0.1) is 0 Å². The molecular formula is C18H18N2O5. The standard InChI is InChI=1S/C18H18N2O5/c1-19(2)14-7-5-13(6-8-14)16(21)9-4-12-10-15(20(23)24)18(22)17(11-12)25-3/h4-11,22H,1-3H3/b9-4+. The number of benzene rings is 2. The highest BCUT2D eigenvalue weighted by molar-refractivity contribution is 6.07. The van der Waals surface area contributed by atoms with E-state index in [1.165, 1.54) is 31.4 Å². The molecule has 130 valence electrons. The summed E-state index contributed by atoms with van der Waals surface area (Å²) in [6.07, 6.45) is 2.76. The number of rotatable bonds is 6. The Morgan fingerprint density at radius 1 is 1.24 bits per heavy atom. The van der Waals surface area contributed by atoms with Crippen LogP contribution in [-0.2, 0) is 0 Å². The normalized spacial score (nSPS) is 10.7. The average Bonchev–Trinajstić information content (AvgIpc) is 2.60. The molecule has 0 aliphatic heterocycles. The van der Waals surface area contributed by atoms with Crippen molar-refractivity contribution >= 4 is 23.2 Å². The van der Waals surface area contributed by atoms with Crippen LogP contribution in [0.25, 0.3) is 6.08 Å². The Morgan fingerprint density at radius 3 is 2.40 bits per heavy atom. The number of carbonyl (C=O) groups is 1. The van der Waals surface area contributed by atoms with E-state index < -0.39 is 16.4 Å². The minimum Gasteiger partial charge on any atom is -0.500 e. The lowest BCUT2D eigenvalue weighted by Gasteiger charge is -2.11. The van der Waals surface area contributed by atoms with E-state index >= 15 is 0 Å². The minimum absolute atomic E-state index is 0.0309. The molecule has 0 unspecified atom stereocenters. The number of hydrogen-bond donors (Lipinski definition) is 1. The first-order chi connectivity index (χ1) is 11.8. The zero-order valence-corrected chi connectivity index (χ0v) is 14.1. The highest BCUT2D eigenvalue weighted by atomic mass is 16.6. The number of ketones is 1. The number of phenols is 1. The molecule has 0 bridgehead atoms. The van der Waals surface area contributed by atoms with Gasteiger partial charge in [0.05, 0.1) is 12.0 Å². The van der Waals surface area contributed by atoms with E-state index in [-0.39, 0.29) is 11.5 Å². The van der Waals surface area contributed by atoms with Gasteiger partial charge in [0.2, 0.25) is 5.75 Å². The quantitative estimate of drug-likeness (QED) is 0.375. The second-order valence-corrected chi connectivity index (χ2v) is 5.49. The maximum absolute atomic E-state index is 12.2. The Bertz CT molecular complexity index is 826. The molecular weight excluding hydrogens is 324 g/mol. The summed E-state index contributed by atoms with van der Waals surface area (Å²) in [6, 6.07) is 9.67. The van der Waals surface area contributed by atoms with E-state index in [0.717, 1.165) is 5.69 Å². The van der Waals surface area contributed by atoms with Gasteiger partial charge in [-0.1, -0.05) is 6.08 Å². The van der Waals surface area contributed by atoms with Gasteiger partial charge in [-0.25, -0.2) is 0 Å². The van der Waals surface area contributed by atoms with Crippen LogP contribution in [0, 0.1) is 10.1 Å². The summed E-state index contributed by atoms with van der Waals surface area (Å²) in [5.74, 6) is -0.813. The monoisotopic (exact) mass is 342 g/mol. The number of ether oxygens (including phenoxy) is 1. The zero-order valence-electron chi connectivity index (χ0n) is 14.1. The van der Waals surface area contributed by atoms with Crippen LogP contribution in [0.5, 0.6) is 11.5 Å². The molecule has 0 aliphatic rings. The lowest BCUT2D eigenvalue weighted by Crippen LogP contribution is -2.08. The van der Waals surface area contributed by atoms with Crippen molar-refractivity contribution in [1.82, 2.24) is 0 Å². The Balaban J connectivity index is 2.27. The predicted octanol–water partition coefficient (Wildman–Crippen LogP) is 3.27. The number of nitro benzene ring substituents is 1. The van der Waals surface area contributed by atoms with E-state index in [4.69, 9.17) is 4.74 Å². The van der Waals surface area contributed by atoms with Crippen LogP contribution in [0.15, 0.2) is 42.5 Å². The molecule has 0 amide bonds. The predicted molar refractivity (Wildman–Crippen MR) is 95.4 cm³/mol. The summed E-state index contributed by atoms with van der Waals surface area (Å²) < 4.78 is 4.93. The van der Waals surface area contributed by atoms with E-state index in [1.807, 2.05) is 31.1 Å². The fourth-order valence-electron chi connectivity index (χ4n) is 2.20. The fraction of sp³-hybridized carbons (Fsp3) is 0.167. The van der Waals surface area contributed by atoms with Crippen LogP contribution < -0.4 is 9.64 Å². The van der Waals surface area contributed by atoms with Crippen molar-refractivity contribution < 1.29 is 19.6 Å². The van der Waals surface area contributed by atoms with E-state index in [1.54, 1.807) is 12.1 Å². The number of allylic oxidation sites excluding steroid dienone is 1. The summed E-state index contributed by atoms with van der Waals surface area (Å²) in [5, 5.41) is 20.7. The molecule has 0 radical (unpaired) electrons. The Labute approximate surface area is 144 Å². The van der Waals surface area contributed by atoms with Gasteiger partial charge < -0.3 is 14.7 Å². The highest BCUT2D eigenvalue weighted by Crippen LogP contribution is 2.37. The number of hydrogen-bond acceptors (Lipinski definition) is 6. The van der Waals surface area contributed by atoms with Gasteiger partial charge >= 0.3 is 5.69 Å².